The zero-order chi connectivity index (χ0) is 13.1. The molecule has 11 nitrogen and oxygen atoms in total. The Bertz CT molecular complexity index is 589. The standard InChI is InChI=1S/C7H5N5O6/c1-3-5(9-17-8-3)4(13)2-16-7-6(12(14)15)10-18-11-7/h2H2,1H3. The Kier molecular flexibility index (Phi) is 2.95. The Hall–Kier alpha value is -2.85. The van der Waals surface area contributed by atoms with Gasteiger partial charge < -0.3 is 14.9 Å². The van der Waals surface area contributed by atoms with Crippen LogP contribution in [0.2, 0.25) is 0 Å². The van der Waals surface area contributed by atoms with E-state index in [9.17, 15) is 14.9 Å². The maximum atomic E-state index is 11.6. The molecular weight excluding hydrogens is 250 g/mol. The number of aromatic nitrogens is 4. The highest BCUT2D eigenvalue weighted by Crippen LogP contribution is 2.20. The van der Waals surface area contributed by atoms with E-state index >= 15 is 0 Å². The number of nitro groups is 1. The zero-order valence-corrected chi connectivity index (χ0v) is 8.89. The molecule has 94 valence electrons. The first-order valence-electron chi connectivity index (χ1n) is 4.51. The molecule has 0 spiro atoms. The van der Waals surface area contributed by atoms with Crippen molar-refractivity contribution in [2.45, 2.75) is 6.92 Å². The first kappa shape index (κ1) is 11.6. The van der Waals surface area contributed by atoms with Crippen LogP contribution in [0.1, 0.15) is 16.2 Å². The predicted octanol–water partition coefficient (Wildman–Crippen LogP) is -0.0691. The maximum absolute atomic E-state index is 11.6. The number of Topliss-reactive ketones (excluding diaryl/α,β-unsaturated/α-hetero) is 1. The minimum Gasteiger partial charge on any atom is -0.461 e. The number of ether oxygens (including phenoxy) is 1. The predicted molar refractivity (Wildman–Crippen MR) is 49.8 cm³/mol. The molecule has 0 amide bonds. The van der Waals surface area contributed by atoms with Crippen molar-refractivity contribution in [2.75, 3.05) is 6.61 Å². The van der Waals surface area contributed by atoms with Crippen LogP contribution < -0.4 is 4.74 Å². The molecule has 0 aromatic carbocycles. The molecule has 0 N–H and O–H groups in total. The molecule has 0 saturated heterocycles. The number of carbonyl (C=O) groups excluding carboxylic acids is 1. The van der Waals surface area contributed by atoms with Gasteiger partial charge in [-0.05, 0) is 17.0 Å². The molecule has 0 aliphatic rings. The Balaban J connectivity index is 2.04. The second kappa shape index (κ2) is 4.57. The molecule has 0 aliphatic carbocycles. The third-order valence-corrected chi connectivity index (χ3v) is 1.87. The smallest absolute Gasteiger partial charge is 0.461 e. The van der Waals surface area contributed by atoms with Crippen LogP contribution in [0, 0.1) is 17.0 Å². The Morgan fingerprint density at radius 3 is 2.67 bits per heavy atom. The first-order chi connectivity index (χ1) is 8.59. The second-order valence-electron chi connectivity index (χ2n) is 3.06. The van der Waals surface area contributed by atoms with Crippen LogP contribution in [0.4, 0.5) is 5.82 Å². The Morgan fingerprint density at radius 2 is 2.06 bits per heavy atom. The fourth-order valence-electron chi connectivity index (χ4n) is 1.07. The van der Waals surface area contributed by atoms with Gasteiger partial charge in [0.2, 0.25) is 5.78 Å². The molecule has 11 heteroatoms. The number of hydrogen-bond donors (Lipinski definition) is 0. The average Bonchev–Trinajstić information content (AvgIpc) is 2.94. The monoisotopic (exact) mass is 255 g/mol. The van der Waals surface area contributed by atoms with E-state index in [4.69, 9.17) is 4.74 Å². The molecule has 2 heterocycles. The van der Waals surface area contributed by atoms with E-state index in [2.05, 4.69) is 29.9 Å². The largest absolute Gasteiger partial charge is 0.478 e. The van der Waals surface area contributed by atoms with Crippen LogP contribution in [0.15, 0.2) is 9.26 Å². The zero-order valence-electron chi connectivity index (χ0n) is 8.89. The van der Waals surface area contributed by atoms with Gasteiger partial charge in [-0.15, -0.1) is 4.63 Å². The first-order valence-corrected chi connectivity index (χ1v) is 4.51. The second-order valence-corrected chi connectivity index (χ2v) is 3.06. The van der Waals surface area contributed by atoms with E-state index in [1.807, 2.05) is 0 Å². The Labute approximate surface area is 97.8 Å². The van der Waals surface area contributed by atoms with Gasteiger partial charge in [0.05, 0.1) is 0 Å². The normalized spacial score (nSPS) is 10.3. The Morgan fingerprint density at radius 1 is 1.33 bits per heavy atom. The highest BCUT2D eigenvalue weighted by atomic mass is 16.7. The van der Waals surface area contributed by atoms with E-state index in [-0.39, 0.29) is 11.4 Å². The molecule has 2 aromatic rings. The molecule has 0 fully saturated rings. The van der Waals surface area contributed by atoms with Crippen molar-refractivity contribution < 1.29 is 23.7 Å². The van der Waals surface area contributed by atoms with Crippen LogP contribution in [-0.2, 0) is 0 Å². The summed E-state index contributed by atoms with van der Waals surface area (Å²) in [4.78, 5) is 21.2. The molecule has 2 rings (SSSR count). The third-order valence-electron chi connectivity index (χ3n) is 1.87. The number of aryl methyl sites for hydroxylation is 1. The minimum atomic E-state index is -0.848. The van der Waals surface area contributed by atoms with Crippen LogP contribution in [0.5, 0.6) is 5.88 Å². The van der Waals surface area contributed by atoms with E-state index in [0.717, 1.165) is 0 Å². The van der Waals surface area contributed by atoms with Crippen LogP contribution in [-0.4, -0.2) is 37.9 Å². The maximum Gasteiger partial charge on any atom is 0.478 e. The SMILES string of the molecule is Cc1nonc1C(=O)COc1nonc1[N+](=O)[O-]. The molecule has 0 atom stereocenters. The summed E-state index contributed by atoms with van der Waals surface area (Å²) in [6, 6.07) is 0. The van der Waals surface area contributed by atoms with Crippen LogP contribution in [0.25, 0.3) is 0 Å². The summed E-state index contributed by atoms with van der Waals surface area (Å²) in [6.45, 7) is 0.994. The summed E-state index contributed by atoms with van der Waals surface area (Å²) in [5.41, 5.74) is 0.269. The number of rotatable bonds is 5. The molecule has 0 radical (unpaired) electrons. The number of ketones is 1. The topological polar surface area (TPSA) is 147 Å². The van der Waals surface area contributed by atoms with Crippen molar-refractivity contribution in [3.05, 3.63) is 21.5 Å². The van der Waals surface area contributed by atoms with Crippen molar-refractivity contribution in [1.82, 2.24) is 20.6 Å². The van der Waals surface area contributed by atoms with E-state index in [1.54, 1.807) is 0 Å². The van der Waals surface area contributed by atoms with Gasteiger partial charge in [-0.1, -0.05) is 5.16 Å². The molecule has 2 aromatic heterocycles. The summed E-state index contributed by atoms with van der Waals surface area (Å²) >= 11 is 0. The van der Waals surface area contributed by atoms with Crippen LogP contribution in [0.3, 0.4) is 0 Å². The highest BCUT2D eigenvalue weighted by molar-refractivity contribution is 5.96. The summed E-state index contributed by atoms with van der Waals surface area (Å²) < 4.78 is 13.3. The van der Waals surface area contributed by atoms with Crippen molar-refractivity contribution in [1.29, 1.82) is 0 Å². The number of nitrogens with zero attached hydrogens (tertiary/aromatic N) is 5. The molecule has 0 saturated carbocycles. The lowest BCUT2D eigenvalue weighted by Gasteiger charge is -1.98. The summed E-state index contributed by atoms with van der Waals surface area (Å²) in [5.74, 6) is -1.76. The number of carbonyl (C=O) groups is 1. The van der Waals surface area contributed by atoms with Gasteiger partial charge in [-0.3, -0.25) is 4.79 Å². The summed E-state index contributed by atoms with van der Waals surface area (Å²) in [7, 11) is 0. The van der Waals surface area contributed by atoms with Gasteiger partial charge in [-0.25, -0.2) is 4.63 Å². The average molecular weight is 255 g/mol. The van der Waals surface area contributed by atoms with Crippen molar-refractivity contribution in [3.8, 4) is 5.88 Å². The molecule has 0 unspecified atom stereocenters. The highest BCUT2D eigenvalue weighted by Gasteiger charge is 2.25. The van der Waals surface area contributed by atoms with E-state index in [1.165, 1.54) is 6.92 Å². The van der Waals surface area contributed by atoms with Gasteiger partial charge in [0.1, 0.15) is 5.69 Å². The fraction of sp³-hybridized carbons (Fsp3) is 0.286. The van der Waals surface area contributed by atoms with Crippen molar-refractivity contribution >= 4 is 11.6 Å². The molecule has 18 heavy (non-hydrogen) atoms. The lowest BCUT2D eigenvalue weighted by molar-refractivity contribution is -0.391. The number of hydrogen-bond acceptors (Lipinski definition) is 10. The van der Waals surface area contributed by atoms with Gasteiger partial charge in [-0.2, -0.15) is 0 Å². The van der Waals surface area contributed by atoms with Gasteiger partial charge >= 0.3 is 11.7 Å². The van der Waals surface area contributed by atoms with Crippen molar-refractivity contribution in [2.24, 2.45) is 0 Å². The van der Waals surface area contributed by atoms with Gasteiger partial charge in [0, 0.05) is 5.16 Å². The van der Waals surface area contributed by atoms with E-state index in [0.29, 0.717) is 0 Å². The third kappa shape index (κ3) is 2.14. The summed E-state index contributed by atoms with van der Waals surface area (Å²) in [6.07, 6.45) is 0. The van der Waals surface area contributed by atoms with Gasteiger partial charge in [0.25, 0.3) is 0 Å². The van der Waals surface area contributed by atoms with Crippen LogP contribution >= 0.6 is 0 Å². The van der Waals surface area contributed by atoms with Crippen molar-refractivity contribution in [3.63, 3.8) is 0 Å². The lowest BCUT2D eigenvalue weighted by Crippen LogP contribution is -2.13. The van der Waals surface area contributed by atoms with Gasteiger partial charge in [0.15, 0.2) is 17.5 Å². The minimum absolute atomic E-state index is 0.0193. The fourth-order valence-corrected chi connectivity index (χ4v) is 1.07. The molecule has 0 bridgehead atoms. The molecular formula is C7H5N5O6. The quantitative estimate of drug-likeness (QED) is 0.403. The molecule has 0 aliphatic heterocycles. The lowest BCUT2D eigenvalue weighted by atomic mass is 10.2. The van der Waals surface area contributed by atoms with E-state index < -0.39 is 29.0 Å². The summed E-state index contributed by atoms with van der Waals surface area (Å²) in [5, 5.41) is 23.4.